The molecule has 0 saturated carbocycles. The zero-order valence-corrected chi connectivity index (χ0v) is 23.6. The van der Waals surface area contributed by atoms with Crippen molar-refractivity contribution in [3.05, 3.63) is 35.4 Å². The van der Waals surface area contributed by atoms with Crippen molar-refractivity contribution in [1.29, 1.82) is 0 Å². The Balaban J connectivity index is 1.02. The van der Waals surface area contributed by atoms with Gasteiger partial charge in [0.2, 0.25) is 0 Å². The smallest absolute Gasteiger partial charge is 0.256 e. The van der Waals surface area contributed by atoms with Gasteiger partial charge in [-0.1, -0.05) is 0 Å². The molecule has 2 saturated heterocycles. The molecule has 2 amide bonds. The first-order valence-corrected chi connectivity index (χ1v) is 14.5. The zero-order chi connectivity index (χ0) is 28.3. The van der Waals surface area contributed by atoms with Crippen molar-refractivity contribution in [2.75, 3.05) is 40.5 Å². The number of unbranched alkanes of at least 4 members (excludes halogenated alkanes) is 2. The number of methoxy groups -OCH3 is 2. The summed E-state index contributed by atoms with van der Waals surface area (Å²) in [5, 5.41) is 0. The Morgan fingerprint density at radius 1 is 0.683 bits per heavy atom. The molecule has 0 unspecified atom stereocenters. The molecule has 216 valence electrons. The number of hydrogen-bond donors (Lipinski definition) is 0. The van der Waals surface area contributed by atoms with Crippen LogP contribution in [-0.4, -0.2) is 86.6 Å². The van der Waals surface area contributed by atoms with Crippen LogP contribution in [0.4, 0.5) is 11.4 Å². The quantitative estimate of drug-likeness (QED) is 0.380. The van der Waals surface area contributed by atoms with Gasteiger partial charge >= 0.3 is 0 Å². The maximum absolute atomic E-state index is 13.0. The topological polar surface area (TPSA) is 102 Å². The minimum absolute atomic E-state index is 0.00491. The Labute approximate surface area is 239 Å². The lowest BCUT2D eigenvalue weighted by Gasteiger charge is -2.20. The van der Waals surface area contributed by atoms with E-state index in [-0.39, 0.29) is 23.9 Å². The first-order valence-electron chi connectivity index (χ1n) is 14.5. The van der Waals surface area contributed by atoms with Crippen molar-refractivity contribution >= 4 is 35.6 Å². The van der Waals surface area contributed by atoms with Crippen LogP contribution >= 0.6 is 0 Å². The maximum atomic E-state index is 13.0. The average molecular weight is 561 g/mol. The molecule has 0 radical (unpaired) electrons. The van der Waals surface area contributed by atoms with Gasteiger partial charge < -0.3 is 28.7 Å². The van der Waals surface area contributed by atoms with Crippen LogP contribution in [0.3, 0.4) is 0 Å². The van der Waals surface area contributed by atoms with Gasteiger partial charge in [0, 0.05) is 37.7 Å². The van der Waals surface area contributed by atoms with Gasteiger partial charge in [0.1, 0.15) is 0 Å². The number of hydrogen-bond acceptors (Lipinski definition) is 8. The average Bonchev–Trinajstić information content (AvgIpc) is 3.62. The number of carbonyl (C=O) groups excluding carboxylic acids is 2. The Hall–Kier alpha value is -4.08. The van der Waals surface area contributed by atoms with Crippen molar-refractivity contribution < 1.29 is 28.5 Å². The molecule has 4 heterocycles. The number of carbonyl (C=O) groups is 2. The minimum Gasteiger partial charge on any atom is -0.493 e. The Kier molecular flexibility index (Phi) is 7.80. The SMILES string of the molecule is COc1cc2c(cc1OCCCCCOc1cc3c(cc1OC)C(=O)N1CCC[C@H]1C=N3)N=C[C@@H]1CCCN1C2=O. The lowest BCUT2D eigenvalue weighted by atomic mass is 10.1. The summed E-state index contributed by atoms with van der Waals surface area (Å²) in [5.74, 6) is 2.22. The third kappa shape index (κ3) is 5.35. The molecule has 2 aromatic rings. The highest BCUT2D eigenvalue weighted by Gasteiger charge is 2.33. The van der Waals surface area contributed by atoms with E-state index in [0.29, 0.717) is 58.7 Å². The van der Waals surface area contributed by atoms with Gasteiger partial charge in [-0.2, -0.15) is 0 Å². The van der Waals surface area contributed by atoms with E-state index < -0.39 is 0 Å². The molecule has 4 aliphatic heterocycles. The summed E-state index contributed by atoms with van der Waals surface area (Å²) in [7, 11) is 3.16. The number of ether oxygens (including phenoxy) is 4. The van der Waals surface area contributed by atoms with Crippen molar-refractivity contribution in [2.24, 2.45) is 9.98 Å². The fraction of sp³-hybridized carbons (Fsp3) is 0.484. The molecule has 10 nitrogen and oxygen atoms in total. The predicted molar refractivity (Wildman–Crippen MR) is 155 cm³/mol. The normalized spacial score (nSPS) is 20.6. The number of fused-ring (bicyclic) bond motifs is 4. The summed E-state index contributed by atoms with van der Waals surface area (Å²) in [6.45, 7) is 2.51. The standard InChI is InChI=1S/C31H36N4O6/c1-38-26-14-22-24(32-18-20-8-6-10-34(20)30(22)36)16-28(26)40-12-4-3-5-13-41-29-17-25-23(15-27(29)39-2)31(37)35-11-7-9-21(35)19-33-25/h14-21H,3-13H2,1-2H3/t20-,21-/m0/s1. The van der Waals surface area contributed by atoms with E-state index in [9.17, 15) is 9.59 Å². The molecular formula is C31H36N4O6. The van der Waals surface area contributed by atoms with Crippen molar-refractivity contribution in [1.82, 2.24) is 9.80 Å². The Bertz CT molecular complexity index is 1290. The highest BCUT2D eigenvalue weighted by atomic mass is 16.5. The van der Waals surface area contributed by atoms with Crippen LogP contribution in [0.1, 0.15) is 65.7 Å². The van der Waals surface area contributed by atoms with Gasteiger partial charge in [-0.05, 0) is 57.1 Å². The van der Waals surface area contributed by atoms with E-state index in [0.717, 1.165) is 58.0 Å². The molecule has 2 aromatic carbocycles. The Morgan fingerprint density at radius 3 is 1.59 bits per heavy atom. The molecule has 0 bridgehead atoms. The highest BCUT2D eigenvalue weighted by Crippen LogP contribution is 2.39. The molecule has 6 rings (SSSR count). The second kappa shape index (κ2) is 11.8. The number of aliphatic imine (C=N–C) groups is 2. The van der Waals surface area contributed by atoms with E-state index in [1.54, 1.807) is 38.5 Å². The van der Waals surface area contributed by atoms with Crippen LogP contribution in [-0.2, 0) is 0 Å². The first-order chi connectivity index (χ1) is 20.1. The summed E-state index contributed by atoms with van der Waals surface area (Å²) in [5.41, 5.74) is 2.34. The molecule has 4 aliphatic rings. The molecular weight excluding hydrogens is 524 g/mol. The van der Waals surface area contributed by atoms with Crippen molar-refractivity contribution in [3.63, 3.8) is 0 Å². The highest BCUT2D eigenvalue weighted by molar-refractivity contribution is 6.04. The summed E-state index contributed by atoms with van der Waals surface area (Å²) in [4.78, 5) is 39.1. The minimum atomic E-state index is -0.00491. The molecule has 0 N–H and O–H groups in total. The van der Waals surface area contributed by atoms with Crippen LogP contribution in [0.5, 0.6) is 23.0 Å². The number of nitrogens with zero attached hydrogens (tertiary/aromatic N) is 4. The van der Waals surface area contributed by atoms with Crippen molar-refractivity contribution in [2.45, 2.75) is 57.0 Å². The largest absolute Gasteiger partial charge is 0.493 e. The van der Waals surface area contributed by atoms with Gasteiger partial charge in [0.05, 0.1) is 62.0 Å². The van der Waals surface area contributed by atoms with E-state index >= 15 is 0 Å². The van der Waals surface area contributed by atoms with Crippen LogP contribution in [0.15, 0.2) is 34.3 Å². The summed E-state index contributed by atoms with van der Waals surface area (Å²) < 4.78 is 23.2. The molecule has 41 heavy (non-hydrogen) atoms. The fourth-order valence-electron chi connectivity index (χ4n) is 5.99. The van der Waals surface area contributed by atoms with Crippen LogP contribution in [0, 0.1) is 0 Å². The van der Waals surface area contributed by atoms with E-state index in [1.165, 1.54) is 0 Å². The summed E-state index contributed by atoms with van der Waals surface area (Å²) in [6, 6.07) is 7.21. The van der Waals surface area contributed by atoms with Crippen LogP contribution in [0.2, 0.25) is 0 Å². The monoisotopic (exact) mass is 560 g/mol. The Morgan fingerprint density at radius 2 is 1.15 bits per heavy atom. The third-order valence-corrected chi connectivity index (χ3v) is 8.22. The first kappa shape index (κ1) is 27.1. The van der Waals surface area contributed by atoms with Gasteiger partial charge in [0.25, 0.3) is 11.8 Å². The molecule has 10 heteroatoms. The second-order valence-corrected chi connectivity index (χ2v) is 10.8. The van der Waals surface area contributed by atoms with Crippen LogP contribution in [0.25, 0.3) is 0 Å². The summed E-state index contributed by atoms with van der Waals surface area (Å²) in [6.07, 6.45) is 10.2. The molecule has 0 aliphatic carbocycles. The predicted octanol–water partition coefficient (Wildman–Crippen LogP) is 4.97. The molecule has 0 spiro atoms. The number of rotatable bonds is 10. The van der Waals surface area contributed by atoms with Gasteiger partial charge in [-0.15, -0.1) is 0 Å². The van der Waals surface area contributed by atoms with E-state index in [2.05, 4.69) is 9.98 Å². The second-order valence-electron chi connectivity index (χ2n) is 10.8. The summed E-state index contributed by atoms with van der Waals surface area (Å²) >= 11 is 0. The van der Waals surface area contributed by atoms with Gasteiger partial charge in [0.15, 0.2) is 23.0 Å². The number of amides is 2. The molecule has 2 fully saturated rings. The van der Waals surface area contributed by atoms with E-state index in [4.69, 9.17) is 18.9 Å². The number of benzene rings is 2. The molecule has 2 atom stereocenters. The lowest BCUT2D eigenvalue weighted by molar-refractivity contribution is 0.0766. The zero-order valence-electron chi connectivity index (χ0n) is 23.6. The van der Waals surface area contributed by atoms with E-state index in [1.807, 2.05) is 22.2 Å². The maximum Gasteiger partial charge on any atom is 0.256 e. The molecule has 0 aromatic heterocycles. The fourth-order valence-corrected chi connectivity index (χ4v) is 5.99. The van der Waals surface area contributed by atoms with Gasteiger partial charge in [-0.25, -0.2) is 0 Å². The lowest BCUT2D eigenvalue weighted by Crippen LogP contribution is -2.35. The van der Waals surface area contributed by atoms with Crippen LogP contribution < -0.4 is 18.9 Å². The van der Waals surface area contributed by atoms with Crippen molar-refractivity contribution in [3.8, 4) is 23.0 Å². The third-order valence-electron chi connectivity index (χ3n) is 8.22. The van der Waals surface area contributed by atoms with Gasteiger partial charge in [-0.3, -0.25) is 19.6 Å².